The standard InChI is InChI=1S/C25H20N2O3S/c1-18-14-16-20(17-15-18)26-27-25(31(29,30)21-10-3-2-4-11-21)24(28)23-13-7-9-19-8-5-6-12-22(19)23/h2-17,26H,1H3/b27-25+. The first-order valence-corrected chi connectivity index (χ1v) is 11.2. The van der Waals surface area contributed by atoms with Crippen LogP contribution in [0.2, 0.25) is 0 Å². The molecule has 1 N–H and O–H groups in total. The van der Waals surface area contributed by atoms with E-state index in [9.17, 15) is 13.2 Å². The van der Waals surface area contributed by atoms with Gasteiger partial charge >= 0.3 is 0 Å². The van der Waals surface area contributed by atoms with Crippen LogP contribution in [0.25, 0.3) is 10.8 Å². The molecule has 6 heteroatoms. The topological polar surface area (TPSA) is 75.6 Å². The molecule has 154 valence electrons. The second kappa shape index (κ2) is 8.53. The lowest BCUT2D eigenvalue weighted by atomic mass is 10.0. The molecule has 0 aliphatic heterocycles. The van der Waals surface area contributed by atoms with Crippen LogP contribution in [0.15, 0.2) is 107 Å². The number of Topliss-reactive ketones (excluding diaryl/α,β-unsaturated/α-hetero) is 1. The Morgan fingerprint density at radius 1 is 0.774 bits per heavy atom. The Balaban J connectivity index is 1.84. The van der Waals surface area contributed by atoms with Crippen LogP contribution >= 0.6 is 0 Å². The van der Waals surface area contributed by atoms with Crippen LogP contribution in [0.1, 0.15) is 15.9 Å². The summed E-state index contributed by atoms with van der Waals surface area (Å²) in [4.78, 5) is 13.5. The number of fused-ring (bicyclic) bond motifs is 1. The van der Waals surface area contributed by atoms with Gasteiger partial charge in [-0.15, -0.1) is 0 Å². The molecule has 4 aromatic rings. The van der Waals surface area contributed by atoms with Crippen molar-refractivity contribution in [2.45, 2.75) is 11.8 Å². The second-order valence-electron chi connectivity index (χ2n) is 7.07. The van der Waals surface area contributed by atoms with E-state index in [4.69, 9.17) is 0 Å². The number of nitrogens with one attached hydrogen (secondary N) is 1. The monoisotopic (exact) mass is 428 g/mol. The SMILES string of the molecule is Cc1ccc(N/N=C(\C(=O)c2cccc3ccccc23)S(=O)(=O)c2ccccc2)cc1. The van der Waals surface area contributed by atoms with Crippen LogP contribution in [0.5, 0.6) is 0 Å². The van der Waals surface area contributed by atoms with Crippen LogP contribution in [0.4, 0.5) is 5.69 Å². The molecule has 0 saturated carbocycles. The molecular weight excluding hydrogens is 408 g/mol. The summed E-state index contributed by atoms with van der Waals surface area (Å²) in [6.45, 7) is 1.95. The summed E-state index contributed by atoms with van der Waals surface area (Å²) < 4.78 is 26.7. The first-order valence-electron chi connectivity index (χ1n) is 9.70. The van der Waals surface area contributed by atoms with E-state index in [1.165, 1.54) is 12.1 Å². The van der Waals surface area contributed by atoms with Gasteiger partial charge in [0.05, 0.1) is 10.6 Å². The number of anilines is 1. The van der Waals surface area contributed by atoms with E-state index in [-0.39, 0.29) is 10.5 Å². The van der Waals surface area contributed by atoms with Crippen LogP contribution in [-0.4, -0.2) is 19.2 Å². The number of aryl methyl sites for hydroxylation is 1. The number of hydrazone groups is 1. The molecule has 4 rings (SSSR count). The molecule has 0 radical (unpaired) electrons. The maximum Gasteiger partial charge on any atom is 0.229 e. The zero-order valence-corrected chi connectivity index (χ0v) is 17.6. The molecule has 0 aromatic heterocycles. The Hall–Kier alpha value is -3.77. The van der Waals surface area contributed by atoms with Crippen molar-refractivity contribution in [3.8, 4) is 0 Å². The molecule has 0 aliphatic carbocycles. The molecule has 0 bridgehead atoms. The summed E-state index contributed by atoms with van der Waals surface area (Å²) in [5, 5.41) is 5.04. The molecular formula is C25H20N2O3S. The van der Waals surface area contributed by atoms with Gasteiger partial charge in [-0.05, 0) is 42.0 Å². The highest BCUT2D eigenvalue weighted by Gasteiger charge is 2.31. The summed E-state index contributed by atoms with van der Waals surface area (Å²) in [6.07, 6.45) is 0. The van der Waals surface area contributed by atoms with Gasteiger partial charge < -0.3 is 0 Å². The van der Waals surface area contributed by atoms with Gasteiger partial charge in [-0.3, -0.25) is 10.2 Å². The fourth-order valence-corrected chi connectivity index (χ4v) is 4.48. The van der Waals surface area contributed by atoms with E-state index in [2.05, 4.69) is 10.5 Å². The highest BCUT2D eigenvalue weighted by atomic mass is 32.2. The van der Waals surface area contributed by atoms with Gasteiger partial charge in [-0.25, -0.2) is 8.42 Å². The fourth-order valence-electron chi connectivity index (χ4n) is 3.23. The number of sulfone groups is 1. The summed E-state index contributed by atoms with van der Waals surface area (Å²) in [5.74, 6) is -0.666. The second-order valence-corrected chi connectivity index (χ2v) is 8.93. The zero-order chi connectivity index (χ0) is 21.8. The quantitative estimate of drug-likeness (QED) is 0.204. The molecule has 0 aliphatic rings. The van der Waals surface area contributed by atoms with Crippen LogP contribution < -0.4 is 5.43 Å². The number of nitrogens with zero attached hydrogens (tertiary/aromatic N) is 1. The molecule has 31 heavy (non-hydrogen) atoms. The molecule has 0 spiro atoms. The third kappa shape index (κ3) is 4.25. The summed E-state index contributed by atoms with van der Waals surface area (Å²) in [7, 11) is -4.16. The third-order valence-electron chi connectivity index (χ3n) is 4.87. The minimum Gasteiger partial charge on any atom is -0.286 e. The molecule has 0 amide bonds. The lowest BCUT2D eigenvalue weighted by Gasteiger charge is -2.11. The van der Waals surface area contributed by atoms with Crippen molar-refractivity contribution in [1.29, 1.82) is 0 Å². The average Bonchev–Trinajstić information content (AvgIpc) is 2.80. The molecule has 0 atom stereocenters. The Kier molecular flexibility index (Phi) is 5.64. The number of rotatable bonds is 5. The Bertz CT molecular complexity index is 1370. The molecule has 0 unspecified atom stereocenters. The van der Waals surface area contributed by atoms with Gasteiger partial charge in [0.15, 0.2) is 0 Å². The van der Waals surface area contributed by atoms with E-state index >= 15 is 0 Å². The van der Waals surface area contributed by atoms with Crippen molar-refractivity contribution in [2.75, 3.05) is 5.43 Å². The largest absolute Gasteiger partial charge is 0.286 e. The Labute approximate surface area is 181 Å². The average molecular weight is 429 g/mol. The number of carbonyl (C=O) groups excluding carboxylic acids is 1. The van der Waals surface area contributed by atoms with Crippen molar-refractivity contribution >= 4 is 37.1 Å². The van der Waals surface area contributed by atoms with Crippen LogP contribution in [-0.2, 0) is 9.84 Å². The Morgan fingerprint density at radius 3 is 2.16 bits per heavy atom. The lowest BCUT2D eigenvalue weighted by molar-refractivity contribution is 0.107. The third-order valence-corrected chi connectivity index (χ3v) is 6.55. The highest BCUT2D eigenvalue weighted by Crippen LogP contribution is 2.22. The summed E-state index contributed by atoms with van der Waals surface area (Å²) >= 11 is 0. The minimum atomic E-state index is -4.16. The van der Waals surface area contributed by atoms with Crippen molar-refractivity contribution in [2.24, 2.45) is 5.10 Å². The highest BCUT2D eigenvalue weighted by molar-refractivity contribution is 8.08. The maximum atomic E-state index is 13.5. The smallest absolute Gasteiger partial charge is 0.229 e. The van der Waals surface area contributed by atoms with E-state index < -0.39 is 20.7 Å². The van der Waals surface area contributed by atoms with Gasteiger partial charge in [0, 0.05) is 5.56 Å². The van der Waals surface area contributed by atoms with Crippen molar-refractivity contribution in [3.05, 3.63) is 108 Å². The van der Waals surface area contributed by atoms with Crippen LogP contribution in [0, 0.1) is 6.92 Å². The fraction of sp³-hybridized carbons (Fsp3) is 0.0400. The van der Waals surface area contributed by atoms with Crippen molar-refractivity contribution in [1.82, 2.24) is 0 Å². The van der Waals surface area contributed by atoms with Gasteiger partial charge in [0.2, 0.25) is 20.7 Å². The molecule has 0 heterocycles. The molecule has 4 aromatic carbocycles. The molecule has 0 fully saturated rings. The normalized spacial score (nSPS) is 12.0. The van der Waals surface area contributed by atoms with Gasteiger partial charge in [-0.1, -0.05) is 78.4 Å². The molecule has 0 saturated heterocycles. The molecule has 5 nitrogen and oxygen atoms in total. The Morgan fingerprint density at radius 2 is 1.42 bits per heavy atom. The maximum absolute atomic E-state index is 13.5. The van der Waals surface area contributed by atoms with E-state index in [0.29, 0.717) is 11.1 Å². The first kappa shape index (κ1) is 20.5. The van der Waals surface area contributed by atoms with Crippen molar-refractivity contribution < 1.29 is 13.2 Å². The number of hydrogen-bond donors (Lipinski definition) is 1. The zero-order valence-electron chi connectivity index (χ0n) is 16.8. The van der Waals surface area contributed by atoms with E-state index in [0.717, 1.165) is 10.9 Å². The number of carbonyl (C=O) groups is 1. The van der Waals surface area contributed by atoms with Gasteiger partial charge in [0.25, 0.3) is 0 Å². The number of ketones is 1. The van der Waals surface area contributed by atoms with Gasteiger partial charge in [-0.2, -0.15) is 5.10 Å². The predicted octanol–water partition coefficient (Wildman–Crippen LogP) is 5.23. The number of benzene rings is 4. The van der Waals surface area contributed by atoms with E-state index in [1.54, 1.807) is 48.5 Å². The summed E-state index contributed by atoms with van der Waals surface area (Å²) in [6, 6.07) is 27.7. The summed E-state index contributed by atoms with van der Waals surface area (Å²) in [5.41, 5.74) is 4.65. The predicted molar refractivity (Wildman–Crippen MR) is 124 cm³/mol. The first-order chi connectivity index (χ1) is 15.0. The van der Waals surface area contributed by atoms with Crippen LogP contribution in [0.3, 0.4) is 0 Å². The van der Waals surface area contributed by atoms with E-state index in [1.807, 2.05) is 43.3 Å². The lowest BCUT2D eigenvalue weighted by Crippen LogP contribution is -2.26. The minimum absolute atomic E-state index is 0.00745. The van der Waals surface area contributed by atoms with Gasteiger partial charge in [0.1, 0.15) is 0 Å². The van der Waals surface area contributed by atoms with Crippen molar-refractivity contribution in [3.63, 3.8) is 0 Å². The number of hydrogen-bond acceptors (Lipinski definition) is 5.